The van der Waals surface area contributed by atoms with Crippen LogP contribution in [0.1, 0.15) is 40.0 Å². The highest BCUT2D eigenvalue weighted by Gasteiger charge is 2.20. The fourth-order valence-electron chi connectivity index (χ4n) is 3.47. The molecule has 0 saturated carbocycles. The van der Waals surface area contributed by atoms with Gasteiger partial charge in [0, 0.05) is 28.6 Å². The number of aryl methyl sites for hydroxylation is 1. The molecule has 2 aromatic heterocycles. The minimum atomic E-state index is 0.763. The zero-order chi connectivity index (χ0) is 20.1. The van der Waals surface area contributed by atoms with Gasteiger partial charge in [-0.25, -0.2) is 9.98 Å². The van der Waals surface area contributed by atoms with Crippen molar-refractivity contribution in [3.63, 3.8) is 0 Å². The van der Waals surface area contributed by atoms with Crippen LogP contribution in [0.3, 0.4) is 0 Å². The number of hydrogen-bond acceptors (Lipinski definition) is 6. The second-order valence-electron chi connectivity index (χ2n) is 6.79. The Bertz CT molecular complexity index is 1070. The van der Waals surface area contributed by atoms with Crippen molar-refractivity contribution in [3.05, 3.63) is 69.7 Å². The van der Waals surface area contributed by atoms with Crippen molar-refractivity contribution in [3.8, 4) is 11.8 Å². The molecular weight excluding hydrogens is 398 g/mol. The molecule has 0 aliphatic heterocycles. The van der Waals surface area contributed by atoms with Gasteiger partial charge in [-0.1, -0.05) is 6.07 Å². The van der Waals surface area contributed by atoms with Crippen LogP contribution in [-0.4, -0.2) is 18.3 Å². The summed E-state index contributed by atoms with van der Waals surface area (Å²) in [6.45, 7) is 0. The molecule has 2 heterocycles. The minimum Gasteiger partial charge on any atom is -0.496 e. The van der Waals surface area contributed by atoms with E-state index in [1.165, 1.54) is 16.9 Å². The molecule has 1 aromatic carbocycles. The van der Waals surface area contributed by atoms with Crippen molar-refractivity contribution >= 4 is 34.3 Å². The highest BCUT2D eigenvalue weighted by molar-refractivity contribution is 7.98. The zero-order valence-electron chi connectivity index (χ0n) is 16.2. The lowest BCUT2D eigenvalue weighted by Gasteiger charge is -2.09. The molecule has 0 saturated heterocycles. The Hall–Kier alpha value is -2.62. The molecule has 3 aromatic rings. The smallest absolute Gasteiger partial charge is 0.134 e. The molecule has 0 N–H and O–H groups in total. The van der Waals surface area contributed by atoms with Gasteiger partial charge in [-0.05, 0) is 67.1 Å². The van der Waals surface area contributed by atoms with E-state index in [0.717, 1.165) is 57.5 Å². The van der Waals surface area contributed by atoms with Gasteiger partial charge in [-0.15, -0.1) is 23.1 Å². The Balaban J connectivity index is 1.56. The van der Waals surface area contributed by atoms with Gasteiger partial charge >= 0.3 is 0 Å². The maximum atomic E-state index is 9.61. The molecule has 0 fully saturated rings. The van der Waals surface area contributed by atoms with Crippen molar-refractivity contribution in [2.75, 3.05) is 7.11 Å². The van der Waals surface area contributed by atoms with E-state index in [1.807, 2.05) is 36.5 Å². The van der Waals surface area contributed by atoms with E-state index in [2.05, 4.69) is 22.1 Å². The summed E-state index contributed by atoms with van der Waals surface area (Å²) >= 11 is 3.34. The molecule has 29 heavy (non-hydrogen) atoms. The third kappa shape index (κ3) is 4.52. The van der Waals surface area contributed by atoms with Crippen molar-refractivity contribution in [2.24, 2.45) is 4.99 Å². The van der Waals surface area contributed by atoms with Crippen LogP contribution in [0, 0.1) is 11.3 Å². The molecule has 0 spiro atoms. The van der Waals surface area contributed by atoms with E-state index >= 15 is 0 Å². The van der Waals surface area contributed by atoms with Crippen LogP contribution < -0.4 is 4.74 Å². The highest BCUT2D eigenvalue weighted by Crippen LogP contribution is 2.39. The van der Waals surface area contributed by atoms with Gasteiger partial charge in [0.15, 0.2) is 0 Å². The molecule has 0 amide bonds. The largest absolute Gasteiger partial charge is 0.496 e. The molecule has 146 valence electrons. The molecule has 6 heteroatoms. The predicted molar refractivity (Wildman–Crippen MR) is 120 cm³/mol. The molecule has 0 radical (unpaired) electrons. The number of benzene rings is 1. The zero-order valence-corrected chi connectivity index (χ0v) is 17.9. The molecule has 0 bridgehead atoms. The van der Waals surface area contributed by atoms with E-state index in [-0.39, 0.29) is 0 Å². The number of ether oxygens (including phenoxy) is 1. The van der Waals surface area contributed by atoms with Crippen molar-refractivity contribution in [2.45, 2.75) is 36.5 Å². The molecular formula is C23H21N3OS2. The third-order valence-electron chi connectivity index (χ3n) is 4.91. The number of nitriles is 1. The van der Waals surface area contributed by atoms with Crippen LogP contribution in [0.4, 0.5) is 5.00 Å². The quantitative estimate of drug-likeness (QED) is 0.366. The van der Waals surface area contributed by atoms with Gasteiger partial charge in [0.1, 0.15) is 16.8 Å². The molecule has 1 aliphatic rings. The van der Waals surface area contributed by atoms with Gasteiger partial charge in [-0.3, -0.25) is 0 Å². The number of fused-ring (bicyclic) bond motifs is 1. The van der Waals surface area contributed by atoms with E-state index < -0.39 is 0 Å². The molecule has 0 unspecified atom stereocenters. The number of nitrogens with zero attached hydrogens (tertiary/aromatic N) is 3. The maximum absolute atomic E-state index is 9.61. The van der Waals surface area contributed by atoms with E-state index in [4.69, 9.17) is 4.74 Å². The van der Waals surface area contributed by atoms with E-state index in [0.29, 0.717) is 0 Å². The first-order valence-corrected chi connectivity index (χ1v) is 11.4. The summed E-state index contributed by atoms with van der Waals surface area (Å²) in [4.78, 5) is 10.4. The summed E-state index contributed by atoms with van der Waals surface area (Å²) in [6.07, 6.45) is 8.10. The Morgan fingerprint density at radius 2 is 2.17 bits per heavy atom. The van der Waals surface area contributed by atoms with E-state index in [1.54, 1.807) is 36.4 Å². The van der Waals surface area contributed by atoms with Crippen LogP contribution in [-0.2, 0) is 18.6 Å². The number of hydrogen-bond donors (Lipinski definition) is 0. The van der Waals surface area contributed by atoms with E-state index in [9.17, 15) is 5.26 Å². The summed E-state index contributed by atoms with van der Waals surface area (Å²) in [6, 6.07) is 14.3. The van der Waals surface area contributed by atoms with Gasteiger partial charge in [-0.2, -0.15) is 5.26 Å². The number of aliphatic imine (C=N–C) groups is 1. The molecule has 0 atom stereocenters. The number of rotatable bonds is 6. The fourth-order valence-corrected chi connectivity index (χ4v) is 5.49. The lowest BCUT2D eigenvalue weighted by molar-refractivity contribution is 0.411. The number of aromatic nitrogens is 1. The summed E-state index contributed by atoms with van der Waals surface area (Å²) in [5.41, 5.74) is 4.08. The summed E-state index contributed by atoms with van der Waals surface area (Å²) in [5, 5.41) is 11.4. The lowest BCUT2D eigenvalue weighted by atomic mass is 9.96. The standard InChI is InChI=1S/C23H21N3OS2/c1-27-20-10-9-16(12-17(20)15-28-22-8-4-5-11-25-22)14-26-23-19(13-24)18-6-2-3-7-21(18)29-23/h4-5,8-12,14H,2-3,6-7,15H2,1H3/b26-14+. The Morgan fingerprint density at radius 1 is 1.28 bits per heavy atom. The first-order chi connectivity index (χ1) is 14.3. The Morgan fingerprint density at radius 3 is 2.97 bits per heavy atom. The predicted octanol–water partition coefficient (Wildman–Crippen LogP) is 5.95. The average molecular weight is 420 g/mol. The average Bonchev–Trinajstić information content (AvgIpc) is 3.14. The van der Waals surface area contributed by atoms with Gasteiger partial charge < -0.3 is 4.74 Å². The summed E-state index contributed by atoms with van der Waals surface area (Å²) in [7, 11) is 1.69. The first kappa shape index (κ1) is 19.7. The number of methoxy groups -OCH3 is 1. The number of thiophene rings is 1. The summed E-state index contributed by atoms with van der Waals surface area (Å²) < 4.78 is 5.52. The minimum absolute atomic E-state index is 0.763. The van der Waals surface area contributed by atoms with Crippen LogP contribution in [0.25, 0.3) is 0 Å². The van der Waals surface area contributed by atoms with Gasteiger partial charge in [0.25, 0.3) is 0 Å². The Labute approximate surface area is 179 Å². The van der Waals surface area contributed by atoms with Crippen LogP contribution in [0.2, 0.25) is 0 Å². The van der Waals surface area contributed by atoms with Gasteiger partial charge in [0.2, 0.25) is 0 Å². The maximum Gasteiger partial charge on any atom is 0.134 e. The second-order valence-corrected chi connectivity index (χ2v) is 8.87. The van der Waals surface area contributed by atoms with Crippen LogP contribution >= 0.6 is 23.1 Å². The first-order valence-electron chi connectivity index (χ1n) is 9.58. The molecule has 1 aliphatic carbocycles. The van der Waals surface area contributed by atoms with Crippen molar-refractivity contribution in [1.82, 2.24) is 4.98 Å². The SMILES string of the molecule is COc1ccc(/C=N/c2sc3c(c2C#N)CCCC3)cc1CSc1ccccn1. The normalized spacial score (nSPS) is 13.2. The molecule has 4 nitrogen and oxygen atoms in total. The monoisotopic (exact) mass is 419 g/mol. The topological polar surface area (TPSA) is 58.3 Å². The lowest BCUT2D eigenvalue weighted by Crippen LogP contribution is -1.99. The fraction of sp³-hybridized carbons (Fsp3) is 0.261. The second kappa shape index (κ2) is 9.25. The van der Waals surface area contributed by atoms with Crippen molar-refractivity contribution in [1.29, 1.82) is 5.26 Å². The summed E-state index contributed by atoms with van der Waals surface area (Å²) in [5.74, 6) is 1.62. The van der Waals surface area contributed by atoms with Crippen LogP contribution in [0.15, 0.2) is 52.6 Å². The number of thioether (sulfide) groups is 1. The van der Waals surface area contributed by atoms with Gasteiger partial charge in [0.05, 0.1) is 17.7 Å². The third-order valence-corrected chi connectivity index (χ3v) is 7.11. The van der Waals surface area contributed by atoms with Crippen LogP contribution in [0.5, 0.6) is 5.75 Å². The number of pyridine rings is 1. The van der Waals surface area contributed by atoms with Crippen molar-refractivity contribution < 1.29 is 4.74 Å². The Kier molecular flexibility index (Phi) is 6.28. The molecule has 4 rings (SSSR count). The highest BCUT2D eigenvalue weighted by atomic mass is 32.2.